The zero-order valence-electron chi connectivity index (χ0n) is 6.27. The van der Waals surface area contributed by atoms with E-state index in [4.69, 9.17) is 15.3 Å². The first kappa shape index (κ1) is 11.0. The summed E-state index contributed by atoms with van der Waals surface area (Å²) < 4.78 is 0. The van der Waals surface area contributed by atoms with Crippen LogP contribution in [0.15, 0.2) is 12.7 Å². The maximum atomic E-state index is 9.23. The molecule has 0 amide bonds. The van der Waals surface area contributed by atoms with Crippen molar-refractivity contribution in [2.75, 3.05) is 19.0 Å². The molecule has 0 aliphatic carbocycles. The predicted octanol–water partition coefficient (Wildman–Crippen LogP) is -0.910. The molecule has 0 aromatic carbocycles. The third kappa shape index (κ3) is 2.22. The summed E-state index contributed by atoms with van der Waals surface area (Å²) >= 11 is 0. The van der Waals surface area contributed by atoms with Crippen molar-refractivity contribution in [2.45, 2.75) is 5.85 Å². The fourth-order valence-electron chi connectivity index (χ4n) is 0.681. The SMILES string of the molecule is C=CC(O)[PH](CO)(CO)CO. The molecule has 0 saturated heterocycles. The van der Waals surface area contributed by atoms with E-state index in [0.29, 0.717) is 0 Å². The van der Waals surface area contributed by atoms with E-state index in [-0.39, 0.29) is 19.0 Å². The second-order valence-electron chi connectivity index (χ2n) is 2.52. The van der Waals surface area contributed by atoms with Gasteiger partial charge in [0, 0.05) is 0 Å². The first-order chi connectivity index (χ1) is 5.16. The molecule has 1 atom stereocenters. The van der Waals surface area contributed by atoms with Gasteiger partial charge in [-0.05, 0) is 0 Å². The molecule has 1 unspecified atom stereocenters. The summed E-state index contributed by atoms with van der Waals surface area (Å²) in [6, 6.07) is 0. The molecule has 4 nitrogen and oxygen atoms in total. The van der Waals surface area contributed by atoms with Crippen LogP contribution in [0.4, 0.5) is 0 Å². The average molecular weight is 182 g/mol. The van der Waals surface area contributed by atoms with E-state index >= 15 is 0 Å². The quantitative estimate of drug-likeness (QED) is 0.328. The summed E-state index contributed by atoms with van der Waals surface area (Å²) in [5.74, 6) is -0.956. The van der Waals surface area contributed by atoms with Crippen LogP contribution >= 0.6 is 7.26 Å². The Kier molecular flexibility index (Phi) is 4.81. The molecule has 68 valence electrons. The van der Waals surface area contributed by atoms with Crippen molar-refractivity contribution in [3.63, 3.8) is 0 Å². The minimum atomic E-state index is -2.72. The van der Waals surface area contributed by atoms with Gasteiger partial charge in [-0.3, -0.25) is 0 Å². The van der Waals surface area contributed by atoms with Gasteiger partial charge in [0.05, 0.1) is 0 Å². The Morgan fingerprint density at radius 2 is 1.55 bits per heavy atom. The van der Waals surface area contributed by atoms with Crippen molar-refractivity contribution in [3.8, 4) is 0 Å². The molecule has 11 heavy (non-hydrogen) atoms. The molecule has 0 radical (unpaired) electrons. The minimum absolute atomic E-state index is 0.340. The Balaban J connectivity index is 4.38. The van der Waals surface area contributed by atoms with E-state index < -0.39 is 13.1 Å². The van der Waals surface area contributed by atoms with Gasteiger partial charge in [-0.15, -0.1) is 0 Å². The first-order valence-corrected chi connectivity index (χ1v) is 6.00. The van der Waals surface area contributed by atoms with Gasteiger partial charge >= 0.3 is 65.2 Å². The Morgan fingerprint density at radius 3 is 1.64 bits per heavy atom. The third-order valence-corrected chi connectivity index (χ3v) is 5.18. The van der Waals surface area contributed by atoms with Crippen LogP contribution in [0.2, 0.25) is 0 Å². The van der Waals surface area contributed by atoms with Gasteiger partial charge < -0.3 is 0 Å². The fraction of sp³-hybridized carbons (Fsp3) is 0.667. The van der Waals surface area contributed by atoms with Crippen molar-refractivity contribution in [1.29, 1.82) is 0 Å². The monoisotopic (exact) mass is 182 g/mol. The van der Waals surface area contributed by atoms with Crippen molar-refractivity contribution in [3.05, 3.63) is 12.7 Å². The molecule has 0 aromatic rings. The van der Waals surface area contributed by atoms with Crippen LogP contribution in [0.5, 0.6) is 0 Å². The first-order valence-electron chi connectivity index (χ1n) is 3.30. The van der Waals surface area contributed by atoms with E-state index in [0.717, 1.165) is 0 Å². The van der Waals surface area contributed by atoms with Crippen LogP contribution in [-0.4, -0.2) is 45.3 Å². The number of rotatable bonds is 5. The Hall–Kier alpha value is 0.0100. The molecule has 0 aliphatic rings. The number of hydrogen-bond acceptors (Lipinski definition) is 4. The summed E-state index contributed by atoms with van der Waals surface area (Å²) in [5.41, 5.74) is 0. The van der Waals surface area contributed by atoms with Crippen molar-refractivity contribution < 1.29 is 20.4 Å². The topological polar surface area (TPSA) is 80.9 Å². The van der Waals surface area contributed by atoms with E-state index in [2.05, 4.69) is 6.58 Å². The van der Waals surface area contributed by atoms with Crippen LogP contribution in [-0.2, 0) is 0 Å². The third-order valence-electron chi connectivity index (χ3n) is 1.80. The van der Waals surface area contributed by atoms with Crippen molar-refractivity contribution in [2.24, 2.45) is 0 Å². The summed E-state index contributed by atoms with van der Waals surface area (Å²) in [5, 5.41) is 35.7. The molecule has 0 saturated carbocycles. The molecular formula is C6H15O4P. The molecule has 5 heteroatoms. The summed E-state index contributed by atoms with van der Waals surface area (Å²) in [6.07, 6.45) is 0.211. The van der Waals surface area contributed by atoms with Crippen LogP contribution in [0.1, 0.15) is 0 Å². The molecule has 0 bridgehead atoms. The van der Waals surface area contributed by atoms with Gasteiger partial charge in [-0.25, -0.2) is 0 Å². The molecular weight excluding hydrogens is 167 g/mol. The van der Waals surface area contributed by atoms with Gasteiger partial charge in [0.15, 0.2) is 0 Å². The Bertz CT molecular complexity index is 115. The second kappa shape index (κ2) is 4.80. The average Bonchev–Trinajstić information content (AvgIpc) is 2.08. The predicted molar refractivity (Wildman–Crippen MR) is 45.8 cm³/mol. The van der Waals surface area contributed by atoms with Gasteiger partial charge in [0.25, 0.3) is 0 Å². The van der Waals surface area contributed by atoms with Gasteiger partial charge in [0.2, 0.25) is 0 Å². The zero-order valence-corrected chi connectivity index (χ0v) is 7.27. The van der Waals surface area contributed by atoms with E-state index in [9.17, 15) is 5.11 Å². The summed E-state index contributed by atoms with van der Waals surface area (Å²) in [4.78, 5) is 0. The Morgan fingerprint density at radius 1 is 1.18 bits per heavy atom. The molecule has 0 rings (SSSR count). The molecule has 0 aromatic heterocycles. The zero-order chi connectivity index (χ0) is 8.91. The molecule has 0 aliphatic heterocycles. The molecule has 0 fully saturated rings. The van der Waals surface area contributed by atoms with Crippen LogP contribution in [0.25, 0.3) is 0 Å². The summed E-state index contributed by atoms with van der Waals surface area (Å²) in [6.45, 7) is 3.32. The van der Waals surface area contributed by atoms with E-state index in [1.807, 2.05) is 0 Å². The van der Waals surface area contributed by atoms with E-state index in [1.165, 1.54) is 6.08 Å². The number of aliphatic hydroxyl groups excluding tert-OH is 4. The molecule has 4 N–H and O–H groups in total. The van der Waals surface area contributed by atoms with Gasteiger partial charge in [-0.1, -0.05) is 0 Å². The van der Waals surface area contributed by atoms with Crippen LogP contribution < -0.4 is 0 Å². The van der Waals surface area contributed by atoms with Crippen LogP contribution in [0.3, 0.4) is 0 Å². The van der Waals surface area contributed by atoms with Gasteiger partial charge in [-0.2, -0.15) is 0 Å². The van der Waals surface area contributed by atoms with Crippen molar-refractivity contribution >= 4 is 7.26 Å². The normalized spacial score (nSPS) is 16.0. The van der Waals surface area contributed by atoms with E-state index in [1.54, 1.807) is 0 Å². The number of hydrogen-bond donors (Lipinski definition) is 4. The van der Waals surface area contributed by atoms with Crippen molar-refractivity contribution in [1.82, 2.24) is 0 Å². The maximum absolute atomic E-state index is 9.23. The Labute approximate surface area is 66.1 Å². The standard InChI is InChI=1S/C6H15O4P/c1-2-6(10)11(3-7,4-8)5-9/h2,6-11H,1,3-5H2. The van der Waals surface area contributed by atoms with Gasteiger partial charge in [0.1, 0.15) is 0 Å². The molecule has 0 heterocycles. The molecule has 0 spiro atoms. The number of aliphatic hydroxyl groups is 4. The fourth-order valence-corrected chi connectivity index (χ4v) is 2.04. The summed E-state index contributed by atoms with van der Waals surface area (Å²) in [7, 11) is -2.72. The van der Waals surface area contributed by atoms with Crippen LogP contribution in [0, 0.1) is 0 Å². The second-order valence-corrected chi connectivity index (χ2v) is 6.78.